The Kier molecular flexibility index (Phi) is 6.48. The van der Waals surface area contributed by atoms with E-state index in [1.807, 2.05) is 0 Å². The van der Waals surface area contributed by atoms with Crippen LogP contribution in [0.25, 0.3) is 0 Å². The fraction of sp³-hybridized carbons (Fsp3) is 0. The maximum absolute atomic E-state index is 9.20. The van der Waals surface area contributed by atoms with E-state index in [4.69, 9.17) is 58.0 Å². The van der Waals surface area contributed by atoms with Gasteiger partial charge in [0, 0.05) is 37.7 Å². The van der Waals surface area contributed by atoms with E-state index in [2.05, 4.69) is 0 Å². The van der Waals surface area contributed by atoms with Crippen LogP contribution in [0, 0.1) is 0 Å². The summed E-state index contributed by atoms with van der Waals surface area (Å²) in [7, 11) is 0. The van der Waals surface area contributed by atoms with Gasteiger partial charge in [-0.1, -0.05) is 58.0 Å². The van der Waals surface area contributed by atoms with Crippen LogP contribution in [0.4, 0.5) is 0 Å². The van der Waals surface area contributed by atoms with Gasteiger partial charge in [-0.15, -0.1) is 0 Å². The van der Waals surface area contributed by atoms with E-state index in [9.17, 15) is 5.11 Å². The number of halogens is 5. The van der Waals surface area contributed by atoms with Crippen LogP contribution >= 0.6 is 58.0 Å². The second kappa shape index (κ2) is 5.72. The van der Waals surface area contributed by atoms with Crippen molar-refractivity contribution < 1.29 is 5.11 Å². The van der Waals surface area contributed by atoms with E-state index in [1.54, 1.807) is 0 Å². The number of benzene rings is 1. The van der Waals surface area contributed by atoms with Gasteiger partial charge in [0.05, 0.1) is 15.1 Å². The molecule has 0 aliphatic carbocycles. The predicted molar refractivity (Wildman–Crippen MR) is 58.9 cm³/mol. The molecule has 2 radical (unpaired) electrons. The summed E-state index contributed by atoms with van der Waals surface area (Å²) < 4.78 is 0. The summed E-state index contributed by atoms with van der Waals surface area (Å²) in [5, 5.41) is 9.01. The fourth-order valence-corrected chi connectivity index (χ4v) is 1.72. The van der Waals surface area contributed by atoms with Crippen LogP contribution in [-0.2, 0) is 0 Å². The van der Waals surface area contributed by atoms with Crippen LogP contribution in [0.1, 0.15) is 0 Å². The molecule has 7 heteroatoms. The standard InChI is InChI=1S/C6HCl5O.Ca/c7-1-2(8)4(10)6(12)5(11)3(1)9;/h12H;. The molecule has 0 unspecified atom stereocenters. The second-order valence-corrected chi connectivity index (χ2v) is 3.81. The Morgan fingerprint density at radius 3 is 1.15 bits per heavy atom. The van der Waals surface area contributed by atoms with Gasteiger partial charge in [-0.2, -0.15) is 0 Å². The van der Waals surface area contributed by atoms with Crippen molar-refractivity contribution in [2.75, 3.05) is 0 Å². The van der Waals surface area contributed by atoms with Crippen LogP contribution in [0.15, 0.2) is 0 Å². The first-order valence-electron chi connectivity index (χ1n) is 2.67. The average Bonchev–Trinajstić information content (AvgIpc) is 2.08. The molecule has 68 valence electrons. The smallest absolute Gasteiger partial charge is 0.155 e. The van der Waals surface area contributed by atoms with E-state index in [-0.39, 0.29) is 68.6 Å². The van der Waals surface area contributed by atoms with E-state index < -0.39 is 0 Å². The zero-order chi connectivity index (χ0) is 9.46. The van der Waals surface area contributed by atoms with E-state index in [0.29, 0.717) is 0 Å². The molecule has 0 saturated carbocycles. The van der Waals surface area contributed by atoms with Gasteiger partial charge in [0.1, 0.15) is 10.0 Å². The minimum absolute atomic E-state index is 0. The zero-order valence-electron chi connectivity index (χ0n) is 6.04. The van der Waals surface area contributed by atoms with Crippen molar-refractivity contribution in [3.05, 3.63) is 25.1 Å². The minimum Gasteiger partial charge on any atom is -0.505 e. The number of aromatic hydroxyl groups is 1. The Morgan fingerprint density at radius 1 is 0.615 bits per heavy atom. The first-order chi connectivity index (χ1) is 5.46. The molecule has 0 aliphatic rings. The Hall–Kier alpha value is 1.73. The molecule has 1 aromatic carbocycles. The van der Waals surface area contributed by atoms with Crippen LogP contribution in [-0.4, -0.2) is 42.8 Å². The third kappa shape index (κ3) is 2.85. The maximum atomic E-state index is 9.20. The molecule has 1 N–H and O–H groups in total. The van der Waals surface area contributed by atoms with Gasteiger partial charge in [-0.25, -0.2) is 0 Å². The molecule has 0 amide bonds. The molecule has 0 spiro atoms. The second-order valence-electron chi connectivity index (χ2n) is 1.92. The molecule has 1 aromatic rings. The van der Waals surface area contributed by atoms with Crippen molar-refractivity contribution in [3.63, 3.8) is 0 Å². The summed E-state index contributed by atoms with van der Waals surface area (Å²) in [6.07, 6.45) is 0. The molecule has 0 saturated heterocycles. The number of phenolic OH excluding ortho intramolecular Hbond substituents is 1. The Balaban J connectivity index is 0.00000144. The molecule has 0 heterocycles. The summed E-state index contributed by atoms with van der Waals surface area (Å²) >= 11 is 27.9. The molecular formula is C6HCaCl5O. The van der Waals surface area contributed by atoms with E-state index in [1.165, 1.54) is 0 Å². The van der Waals surface area contributed by atoms with Gasteiger partial charge in [0.25, 0.3) is 0 Å². The van der Waals surface area contributed by atoms with Gasteiger partial charge in [0.2, 0.25) is 0 Å². The fourth-order valence-electron chi connectivity index (χ4n) is 0.593. The van der Waals surface area contributed by atoms with Gasteiger partial charge in [-0.3, -0.25) is 0 Å². The Bertz CT molecular complexity index is 235. The van der Waals surface area contributed by atoms with Crippen molar-refractivity contribution in [2.45, 2.75) is 0 Å². The minimum atomic E-state index is -0.363. The molecule has 0 atom stereocenters. The predicted octanol–water partition coefficient (Wildman–Crippen LogP) is 4.28. The zero-order valence-corrected chi connectivity index (χ0v) is 12.0. The van der Waals surface area contributed by atoms with Crippen LogP contribution in [0.3, 0.4) is 0 Å². The number of phenols is 1. The van der Waals surface area contributed by atoms with Gasteiger partial charge in [0.15, 0.2) is 5.75 Å². The van der Waals surface area contributed by atoms with Gasteiger partial charge >= 0.3 is 0 Å². The largest absolute Gasteiger partial charge is 0.505 e. The topological polar surface area (TPSA) is 20.2 Å². The van der Waals surface area contributed by atoms with Crippen molar-refractivity contribution >= 4 is 95.7 Å². The van der Waals surface area contributed by atoms with Crippen molar-refractivity contribution in [2.24, 2.45) is 0 Å². The van der Waals surface area contributed by atoms with Crippen LogP contribution < -0.4 is 0 Å². The van der Waals surface area contributed by atoms with Gasteiger partial charge in [-0.05, 0) is 0 Å². The molecule has 0 aromatic heterocycles. The summed E-state index contributed by atoms with van der Waals surface area (Å²) in [6, 6.07) is 0. The van der Waals surface area contributed by atoms with Crippen molar-refractivity contribution in [1.82, 2.24) is 0 Å². The quantitative estimate of drug-likeness (QED) is 0.431. The van der Waals surface area contributed by atoms with Crippen molar-refractivity contribution in [1.29, 1.82) is 0 Å². The summed E-state index contributed by atoms with van der Waals surface area (Å²) in [6.45, 7) is 0. The van der Waals surface area contributed by atoms with E-state index in [0.717, 1.165) is 0 Å². The molecule has 1 nitrogen and oxygen atoms in total. The summed E-state index contributed by atoms with van der Waals surface area (Å²) in [4.78, 5) is 0. The van der Waals surface area contributed by atoms with Gasteiger partial charge < -0.3 is 5.11 Å². The Labute approximate surface area is 130 Å². The molecule has 0 bridgehead atoms. The maximum Gasteiger partial charge on any atom is 0.155 e. The number of hydrogen-bond acceptors (Lipinski definition) is 1. The van der Waals surface area contributed by atoms with E-state index >= 15 is 0 Å². The number of hydrogen-bond donors (Lipinski definition) is 1. The first kappa shape index (κ1) is 14.7. The van der Waals surface area contributed by atoms with Crippen LogP contribution in [0.2, 0.25) is 25.1 Å². The molecule has 0 fully saturated rings. The average molecular weight is 306 g/mol. The Morgan fingerprint density at radius 2 is 0.846 bits per heavy atom. The van der Waals surface area contributed by atoms with Crippen LogP contribution in [0.5, 0.6) is 5.75 Å². The first-order valence-corrected chi connectivity index (χ1v) is 4.56. The monoisotopic (exact) mass is 304 g/mol. The summed E-state index contributed by atoms with van der Waals surface area (Å²) in [5.74, 6) is -0.363. The normalized spacial score (nSPS) is 9.62. The molecular weight excluding hydrogens is 305 g/mol. The third-order valence-corrected chi connectivity index (χ3v) is 3.44. The SMILES string of the molecule is Oc1c(Cl)c(Cl)c(Cl)c(Cl)c1Cl.[Ca]. The molecule has 0 aliphatic heterocycles. The van der Waals surface area contributed by atoms with Crippen molar-refractivity contribution in [3.8, 4) is 5.75 Å². The summed E-state index contributed by atoms with van der Waals surface area (Å²) in [5.41, 5.74) is 0. The third-order valence-electron chi connectivity index (χ3n) is 1.19. The number of rotatable bonds is 0. The molecule has 1 rings (SSSR count). The molecule has 13 heavy (non-hydrogen) atoms.